The van der Waals surface area contributed by atoms with Gasteiger partial charge in [-0.15, -0.1) is 0 Å². The van der Waals surface area contributed by atoms with E-state index in [0.717, 1.165) is 0 Å². The monoisotopic (exact) mass is 249 g/mol. The molecule has 0 aromatic rings. The van der Waals surface area contributed by atoms with Crippen molar-refractivity contribution in [2.75, 3.05) is 0 Å². The lowest BCUT2D eigenvalue weighted by Gasteiger charge is -2.45. The van der Waals surface area contributed by atoms with Crippen molar-refractivity contribution in [2.24, 2.45) is 41.2 Å². The molecule has 6 unspecified atom stereocenters. The number of primary amides is 1. The van der Waals surface area contributed by atoms with Crippen LogP contribution in [0.3, 0.4) is 0 Å². The first kappa shape index (κ1) is 11.1. The van der Waals surface area contributed by atoms with Crippen molar-refractivity contribution in [3.8, 4) is 0 Å². The second kappa shape index (κ2) is 3.51. The first-order valence-electron chi connectivity index (χ1n) is 5.74. The van der Waals surface area contributed by atoms with Crippen LogP contribution >= 0.6 is 0 Å². The largest absolute Gasteiger partial charge is 0.393 e. The standard InChI is InChI=1S/C12H11NO5/c13-10(15)7-5-2-1-4(6(7)3-14)8-9(5)12(17)18-11(8)16/h1-9H,(H2,13,15). The minimum atomic E-state index is -0.725. The van der Waals surface area contributed by atoms with E-state index in [1.807, 2.05) is 0 Å². The highest BCUT2D eigenvalue weighted by atomic mass is 16.6. The van der Waals surface area contributed by atoms with Gasteiger partial charge < -0.3 is 15.3 Å². The molecule has 3 aliphatic carbocycles. The maximum Gasteiger partial charge on any atom is 0.318 e. The lowest BCUT2D eigenvalue weighted by Crippen LogP contribution is -2.53. The summed E-state index contributed by atoms with van der Waals surface area (Å²) in [5, 5.41) is 0. The Morgan fingerprint density at radius 2 is 1.72 bits per heavy atom. The average Bonchev–Trinajstić information content (AvgIpc) is 2.66. The van der Waals surface area contributed by atoms with E-state index in [1.165, 1.54) is 0 Å². The van der Waals surface area contributed by atoms with E-state index in [2.05, 4.69) is 4.74 Å². The molecule has 0 spiro atoms. The van der Waals surface area contributed by atoms with Gasteiger partial charge in [0.25, 0.3) is 0 Å². The summed E-state index contributed by atoms with van der Waals surface area (Å²) >= 11 is 0. The number of cyclic esters (lactones) is 2. The van der Waals surface area contributed by atoms with Gasteiger partial charge >= 0.3 is 11.9 Å². The molecule has 6 heteroatoms. The van der Waals surface area contributed by atoms with Crippen molar-refractivity contribution < 1.29 is 23.9 Å². The van der Waals surface area contributed by atoms with Crippen LogP contribution in [0.1, 0.15) is 0 Å². The third-order valence-electron chi connectivity index (χ3n) is 4.28. The minimum absolute atomic E-state index is 0.464. The summed E-state index contributed by atoms with van der Waals surface area (Å²) in [6.45, 7) is 0. The molecule has 6 nitrogen and oxygen atoms in total. The van der Waals surface area contributed by atoms with Crippen molar-refractivity contribution in [1.82, 2.24) is 0 Å². The number of fused-ring (bicyclic) bond motifs is 1. The first-order chi connectivity index (χ1) is 8.56. The Labute approximate surface area is 102 Å². The number of hydrogen-bond acceptors (Lipinski definition) is 5. The molecule has 0 radical (unpaired) electrons. The number of aldehydes is 1. The van der Waals surface area contributed by atoms with Gasteiger partial charge in [-0.25, -0.2) is 0 Å². The van der Waals surface area contributed by atoms with E-state index in [0.29, 0.717) is 6.29 Å². The zero-order chi connectivity index (χ0) is 13.0. The molecule has 6 atom stereocenters. The smallest absolute Gasteiger partial charge is 0.318 e. The SMILES string of the molecule is NC(=O)C1C(C=O)C2C=CC1C1C(=O)OC(=O)C21. The summed E-state index contributed by atoms with van der Waals surface area (Å²) in [5.41, 5.74) is 5.31. The number of esters is 2. The highest BCUT2D eigenvalue weighted by molar-refractivity contribution is 5.99. The Bertz CT molecular complexity index is 495. The predicted octanol–water partition coefficient (Wildman–Crippen LogP) is -0.965. The number of hydrogen-bond donors (Lipinski definition) is 1. The van der Waals surface area contributed by atoms with Crippen molar-refractivity contribution >= 4 is 24.1 Å². The summed E-state index contributed by atoms with van der Waals surface area (Å²) < 4.78 is 4.62. The number of rotatable bonds is 2. The third kappa shape index (κ3) is 1.17. The number of allylic oxidation sites excluding steroid dienone is 2. The molecule has 18 heavy (non-hydrogen) atoms. The molecule has 4 aliphatic rings. The molecule has 1 saturated heterocycles. The number of carbonyl (C=O) groups excluding carboxylic acids is 4. The van der Waals surface area contributed by atoms with Crippen LogP contribution in [0.15, 0.2) is 12.2 Å². The second-order valence-corrected chi connectivity index (χ2v) is 4.97. The Morgan fingerprint density at radius 1 is 1.17 bits per heavy atom. The Hall–Kier alpha value is -1.98. The normalized spacial score (nSPS) is 44.7. The Balaban J connectivity index is 2.10. The summed E-state index contributed by atoms with van der Waals surface area (Å²) in [6, 6.07) is 0. The van der Waals surface area contributed by atoms with Crippen LogP contribution in [0.2, 0.25) is 0 Å². The van der Waals surface area contributed by atoms with Gasteiger partial charge in [0.05, 0.1) is 17.8 Å². The van der Waals surface area contributed by atoms with Gasteiger partial charge in [0.15, 0.2) is 0 Å². The molecule has 1 saturated carbocycles. The van der Waals surface area contributed by atoms with Crippen molar-refractivity contribution in [2.45, 2.75) is 0 Å². The van der Waals surface area contributed by atoms with Crippen LogP contribution in [0.4, 0.5) is 0 Å². The minimum Gasteiger partial charge on any atom is -0.393 e. The van der Waals surface area contributed by atoms with Gasteiger partial charge in [-0.1, -0.05) is 12.2 Å². The molecule has 1 heterocycles. The molecule has 1 aliphatic heterocycles. The van der Waals surface area contributed by atoms with Gasteiger partial charge in [0.1, 0.15) is 6.29 Å². The van der Waals surface area contributed by atoms with E-state index >= 15 is 0 Å². The van der Waals surface area contributed by atoms with Crippen LogP contribution in [-0.4, -0.2) is 24.1 Å². The van der Waals surface area contributed by atoms with E-state index in [-0.39, 0.29) is 0 Å². The van der Waals surface area contributed by atoms with Crippen molar-refractivity contribution in [1.29, 1.82) is 0 Å². The molecule has 2 fully saturated rings. The Morgan fingerprint density at radius 3 is 2.28 bits per heavy atom. The lowest BCUT2D eigenvalue weighted by atomic mass is 9.54. The van der Waals surface area contributed by atoms with E-state index in [9.17, 15) is 19.2 Å². The molecule has 2 bridgehead atoms. The van der Waals surface area contributed by atoms with Crippen molar-refractivity contribution in [3.63, 3.8) is 0 Å². The average molecular weight is 249 g/mol. The molecule has 94 valence electrons. The van der Waals surface area contributed by atoms with Crippen LogP contribution < -0.4 is 5.73 Å². The van der Waals surface area contributed by atoms with Crippen LogP contribution in [-0.2, 0) is 23.9 Å². The molecule has 0 aromatic heterocycles. The fourth-order valence-electron chi connectivity index (χ4n) is 3.58. The zero-order valence-corrected chi connectivity index (χ0v) is 9.31. The maximum atomic E-state index is 11.7. The molecule has 1 amide bonds. The Kier molecular flexibility index (Phi) is 2.17. The molecular formula is C12H11NO5. The fraction of sp³-hybridized carbons (Fsp3) is 0.500. The summed E-state index contributed by atoms with van der Waals surface area (Å²) in [7, 11) is 0. The summed E-state index contributed by atoms with van der Waals surface area (Å²) in [5.74, 6) is -5.47. The second-order valence-electron chi connectivity index (χ2n) is 4.97. The van der Waals surface area contributed by atoms with E-state index in [1.54, 1.807) is 12.2 Å². The van der Waals surface area contributed by atoms with Crippen LogP contribution in [0, 0.1) is 35.5 Å². The van der Waals surface area contributed by atoms with E-state index in [4.69, 9.17) is 5.73 Å². The number of amides is 1. The maximum absolute atomic E-state index is 11.7. The fourth-order valence-corrected chi connectivity index (χ4v) is 3.58. The molecule has 2 N–H and O–H groups in total. The predicted molar refractivity (Wildman–Crippen MR) is 56.4 cm³/mol. The van der Waals surface area contributed by atoms with Crippen LogP contribution in [0.25, 0.3) is 0 Å². The number of nitrogens with two attached hydrogens (primary N) is 1. The van der Waals surface area contributed by atoms with Crippen molar-refractivity contribution in [3.05, 3.63) is 12.2 Å². The highest BCUT2D eigenvalue weighted by Gasteiger charge is 2.62. The third-order valence-corrected chi connectivity index (χ3v) is 4.28. The topological polar surface area (TPSA) is 104 Å². The molecule has 4 rings (SSSR count). The number of carbonyl (C=O) groups is 4. The first-order valence-corrected chi connectivity index (χ1v) is 5.74. The molecule has 0 aromatic carbocycles. The lowest BCUT2D eigenvalue weighted by molar-refractivity contribution is -0.154. The highest BCUT2D eigenvalue weighted by Crippen LogP contribution is 2.53. The van der Waals surface area contributed by atoms with Gasteiger partial charge in [-0.2, -0.15) is 0 Å². The quantitative estimate of drug-likeness (QED) is 0.293. The summed E-state index contributed by atoms with van der Waals surface area (Å²) in [4.78, 5) is 45.9. The van der Waals surface area contributed by atoms with Crippen LogP contribution in [0.5, 0.6) is 0 Å². The van der Waals surface area contributed by atoms with Gasteiger partial charge in [-0.05, 0) is 0 Å². The van der Waals surface area contributed by atoms with Gasteiger partial charge in [0.2, 0.25) is 5.91 Å². The van der Waals surface area contributed by atoms with Gasteiger partial charge in [-0.3, -0.25) is 14.4 Å². The summed E-state index contributed by atoms with van der Waals surface area (Å²) in [6.07, 6.45) is 4.09. The van der Waals surface area contributed by atoms with Gasteiger partial charge in [0, 0.05) is 17.8 Å². The molecular weight excluding hydrogens is 238 g/mol. The zero-order valence-electron chi connectivity index (χ0n) is 9.31. The number of ether oxygens (including phenoxy) is 1. The van der Waals surface area contributed by atoms with E-state index < -0.39 is 53.4 Å².